The summed E-state index contributed by atoms with van der Waals surface area (Å²) >= 11 is 0. The fourth-order valence-electron chi connectivity index (χ4n) is 7.78. The Labute approximate surface area is 394 Å². The molecule has 6 aliphatic rings. The third-order valence-electron chi connectivity index (χ3n) is 11.7. The molecule has 0 bridgehead atoms. The van der Waals surface area contributed by atoms with Gasteiger partial charge >= 0.3 is 0 Å². The zero-order valence-electron chi connectivity index (χ0n) is 40.2. The maximum Gasteiger partial charge on any atom is 0.231 e. The smallest absolute Gasteiger partial charge is 0.231 e. The number of nitrogens with two attached hydrogens (primary N) is 2. The minimum Gasteiger partial charge on any atom is -0.454 e. The largest absolute Gasteiger partial charge is 0.454 e. The molecule has 9 rings (SSSR count). The van der Waals surface area contributed by atoms with Gasteiger partial charge in [0.05, 0.1) is 51.0 Å². The monoisotopic (exact) mass is 921 g/mol. The Hall–Kier alpha value is -6.72. The summed E-state index contributed by atoms with van der Waals surface area (Å²) in [7, 11) is 8.24. The quantitative estimate of drug-likeness (QED) is 0.270. The first kappa shape index (κ1) is 48.2. The second kappa shape index (κ2) is 23.1. The molecule has 0 saturated heterocycles. The van der Waals surface area contributed by atoms with E-state index in [9.17, 15) is 0 Å². The van der Waals surface area contributed by atoms with Crippen molar-refractivity contribution in [2.24, 2.45) is 41.4 Å². The highest BCUT2D eigenvalue weighted by molar-refractivity contribution is 6.03. The topological polar surface area (TPSA) is 203 Å². The molecule has 0 saturated carbocycles. The second-order valence-electron chi connectivity index (χ2n) is 17.7. The van der Waals surface area contributed by atoms with Crippen LogP contribution in [0.2, 0.25) is 0 Å². The van der Waals surface area contributed by atoms with Crippen molar-refractivity contribution >= 4 is 35.0 Å². The zero-order valence-corrected chi connectivity index (χ0v) is 40.2. The normalized spacial score (nSPS) is 20.7. The van der Waals surface area contributed by atoms with Crippen LogP contribution in [0, 0.1) is 0 Å². The summed E-state index contributed by atoms with van der Waals surface area (Å²) in [6.07, 6.45) is 4.72. The molecule has 0 spiro atoms. The Kier molecular flexibility index (Phi) is 16.7. The van der Waals surface area contributed by atoms with Gasteiger partial charge in [0.2, 0.25) is 20.4 Å². The lowest BCUT2D eigenvalue weighted by molar-refractivity contribution is 0.173. The van der Waals surface area contributed by atoms with E-state index in [0.717, 1.165) is 103 Å². The van der Waals surface area contributed by atoms with Gasteiger partial charge in [0.25, 0.3) is 0 Å². The molecule has 18 nitrogen and oxygen atoms in total. The first-order valence-corrected chi connectivity index (χ1v) is 23.1. The van der Waals surface area contributed by atoms with Crippen molar-refractivity contribution in [3.05, 3.63) is 71.3 Å². The maximum absolute atomic E-state index is 5.91. The highest BCUT2D eigenvalue weighted by Crippen LogP contribution is 2.34. The number of likely N-dealkylation sites (N-methyl/N-ethyl adjacent to an activating group) is 2. The molecule has 67 heavy (non-hydrogen) atoms. The van der Waals surface area contributed by atoms with E-state index in [4.69, 9.17) is 49.9 Å². The van der Waals surface area contributed by atoms with Crippen molar-refractivity contribution in [3.8, 4) is 34.5 Å². The molecule has 0 aromatic heterocycles. The van der Waals surface area contributed by atoms with Crippen LogP contribution in [0.1, 0.15) is 56.7 Å². The molecule has 6 aliphatic heterocycles. The molecule has 360 valence electrons. The average Bonchev–Trinajstić information content (AvgIpc) is 4.03. The molecule has 3 aromatic rings. The Morgan fingerprint density at radius 1 is 0.552 bits per heavy atom. The van der Waals surface area contributed by atoms with E-state index < -0.39 is 0 Å². The molecule has 0 radical (unpaired) electrons. The van der Waals surface area contributed by atoms with E-state index in [1.807, 2.05) is 50.5 Å². The number of fused-ring (bicyclic) bond motifs is 3. The standard InChI is InChI=1S/C18H26N4O2.C16H22N4O2.C15H20N4O2/c1-13-11-19-17(21(2)3)10-18(20-13)22(4)8-7-14-5-6-15-16(9-14)24-12-23-15;1-11-9-18-15(17)8-16(19-11)20(2)6-5-12-3-4-13-14(7-12)22-10-21-13;1-10-8-18-14(16)7-15(19-10)17-5-4-11-2-3-12-13(6-11)21-9-20-12/h5-6,9,13H,7-8,10-12H2,1-4H3;3-4,7,11H,5-6,8-10H2,1-2H3,(H2,17,18);2-3,6,10H,4-5,7-9H2,1H3,(H2,16,18)(H,17,19). The molecule has 5 N–H and O–H groups in total. The van der Waals surface area contributed by atoms with E-state index in [1.165, 1.54) is 16.7 Å². The van der Waals surface area contributed by atoms with Crippen LogP contribution in [0.3, 0.4) is 0 Å². The molecule has 0 fully saturated rings. The number of aliphatic imine (C=N–C) groups is 6. The van der Waals surface area contributed by atoms with Gasteiger partial charge in [-0.1, -0.05) is 18.2 Å². The minimum absolute atomic E-state index is 0.184. The fraction of sp³-hybridized carbons (Fsp3) is 0.510. The van der Waals surface area contributed by atoms with Crippen molar-refractivity contribution in [3.63, 3.8) is 0 Å². The summed E-state index contributed by atoms with van der Waals surface area (Å²) in [4.78, 5) is 33.9. The lowest BCUT2D eigenvalue weighted by Crippen LogP contribution is -2.34. The highest BCUT2D eigenvalue weighted by Gasteiger charge is 2.20. The number of rotatable bonds is 9. The maximum atomic E-state index is 5.91. The summed E-state index contributed by atoms with van der Waals surface area (Å²) in [5.41, 5.74) is 15.4. The Morgan fingerprint density at radius 2 is 1.00 bits per heavy atom. The van der Waals surface area contributed by atoms with Crippen molar-refractivity contribution in [2.75, 3.05) is 87.8 Å². The Morgan fingerprint density at radius 3 is 1.52 bits per heavy atom. The summed E-state index contributed by atoms with van der Waals surface area (Å²) in [5, 5.41) is 3.35. The van der Waals surface area contributed by atoms with Crippen LogP contribution in [0.15, 0.2) is 84.6 Å². The highest BCUT2D eigenvalue weighted by atomic mass is 16.7. The number of benzene rings is 3. The number of hydrogen-bond donors (Lipinski definition) is 3. The average molecular weight is 921 g/mol. The molecular weight excluding hydrogens is 853 g/mol. The first-order valence-electron chi connectivity index (χ1n) is 23.1. The Bertz CT molecular complexity index is 2360. The molecular formula is C49H68N12O6. The SMILES string of the molecule is CC1CN=C(N(C)C)CC(N(C)CCc2ccc3c(c2)OCO3)=N1.CC1CN=C(N)CC(=NCCc2ccc3c(c2)OCO3)N1.CC1CN=C(N)CC(N(C)CCc2ccc3c(c2)OCO3)=N1. The molecule has 3 unspecified atom stereocenters. The minimum atomic E-state index is 0.184. The molecule has 0 aliphatic carbocycles. The van der Waals surface area contributed by atoms with Gasteiger partial charge in [0.15, 0.2) is 34.5 Å². The van der Waals surface area contributed by atoms with Crippen LogP contribution in [0.25, 0.3) is 0 Å². The summed E-state index contributed by atoms with van der Waals surface area (Å²) < 4.78 is 32.2. The lowest BCUT2D eigenvalue weighted by atomic mass is 10.1. The van der Waals surface area contributed by atoms with Gasteiger partial charge in [-0.2, -0.15) is 0 Å². The number of nitrogens with zero attached hydrogens (tertiary/aromatic N) is 9. The van der Waals surface area contributed by atoms with E-state index in [1.54, 1.807) is 0 Å². The van der Waals surface area contributed by atoms with Crippen molar-refractivity contribution < 1.29 is 28.4 Å². The van der Waals surface area contributed by atoms with Gasteiger partial charge < -0.3 is 59.9 Å². The van der Waals surface area contributed by atoms with Crippen LogP contribution >= 0.6 is 0 Å². The zero-order chi connectivity index (χ0) is 47.3. The Balaban J connectivity index is 0.000000149. The number of hydrogen-bond acceptors (Lipinski definition) is 17. The van der Waals surface area contributed by atoms with Crippen LogP contribution < -0.4 is 45.2 Å². The lowest BCUT2D eigenvalue weighted by Gasteiger charge is -2.23. The molecule has 18 heteroatoms. The van der Waals surface area contributed by atoms with E-state index in [0.29, 0.717) is 64.5 Å². The van der Waals surface area contributed by atoms with Gasteiger partial charge in [-0.25, -0.2) is 0 Å². The predicted molar refractivity (Wildman–Crippen MR) is 266 cm³/mol. The second-order valence-corrected chi connectivity index (χ2v) is 17.7. The number of nitrogens with one attached hydrogen (secondary N) is 1. The van der Waals surface area contributed by atoms with Gasteiger partial charge in [-0.05, 0) is 93.1 Å². The predicted octanol–water partition coefficient (Wildman–Crippen LogP) is 4.57. The first-order chi connectivity index (χ1) is 32.3. The summed E-state index contributed by atoms with van der Waals surface area (Å²) in [6, 6.07) is 18.9. The van der Waals surface area contributed by atoms with Gasteiger partial charge in [-0.15, -0.1) is 0 Å². The van der Waals surface area contributed by atoms with Gasteiger partial charge in [0.1, 0.15) is 35.0 Å². The van der Waals surface area contributed by atoms with Crippen LogP contribution in [-0.4, -0.2) is 156 Å². The molecule has 3 atom stereocenters. The number of ether oxygens (including phenoxy) is 6. The van der Waals surface area contributed by atoms with Crippen molar-refractivity contribution in [1.29, 1.82) is 0 Å². The number of amidine groups is 6. The van der Waals surface area contributed by atoms with E-state index in [-0.39, 0.29) is 18.1 Å². The molecule has 3 aromatic carbocycles. The third kappa shape index (κ3) is 14.1. The fourth-order valence-corrected chi connectivity index (χ4v) is 7.78. The van der Waals surface area contributed by atoms with Crippen LogP contribution in [0.4, 0.5) is 0 Å². The summed E-state index contributed by atoms with van der Waals surface area (Å²) in [5.74, 6) is 10.4. The van der Waals surface area contributed by atoms with Crippen molar-refractivity contribution in [1.82, 2.24) is 20.0 Å². The third-order valence-corrected chi connectivity index (χ3v) is 11.7. The van der Waals surface area contributed by atoms with Gasteiger partial charge in [-0.3, -0.25) is 30.0 Å². The van der Waals surface area contributed by atoms with E-state index in [2.05, 4.69) is 93.1 Å². The van der Waals surface area contributed by atoms with E-state index >= 15 is 0 Å². The van der Waals surface area contributed by atoms with Crippen LogP contribution in [0.5, 0.6) is 34.5 Å². The summed E-state index contributed by atoms with van der Waals surface area (Å²) in [6.45, 7) is 11.8. The molecule has 6 heterocycles. The van der Waals surface area contributed by atoms with Crippen molar-refractivity contribution in [2.45, 2.75) is 77.4 Å². The van der Waals surface area contributed by atoms with Crippen LogP contribution in [-0.2, 0) is 19.3 Å². The molecule has 0 amide bonds. The van der Waals surface area contributed by atoms with Gasteiger partial charge in [0, 0.05) is 53.9 Å².